The van der Waals surface area contributed by atoms with E-state index in [4.69, 9.17) is 5.73 Å². The Kier molecular flexibility index (Phi) is 5.37. The Morgan fingerprint density at radius 1 is 1.26 bits per heavy atom. The Balaban J connectivity index is 1.85. The molecule has 1 atom stereocenters. The van der Waals surface area contributed by atoms with E-state index in [0.29, 0.717) is 6.54 Å². The van der Waals surface area contributed by atoms with E-state index in [1.54, 1.807) is 0 Å². The van der Waals surface area contributed by atoms with Crippen molar-refractivity contribution < 1.29 is 5.11 Å². The summed E-state index contributed by atoms with van der Waals surface area (Å²) in [6.07, 6.45) is 3.45. The summed E-state index contributed by atoms with van der Waals surface area (Å²) in [6, 6.07) is 7.99. The van der Waals surface area contributed by atoms with Crippen LogP contribution in [-0.2, 0) is 6.54 Å². The number of nitrogens with zero attached hydrogens (tertiary/aromatic N) is 1. The molecule has 1 aliphatic rings. The summed E-state index contributed by atoms with van der Waals surface area (Å²) in [4.78, 5) is 2.38. The lowest BCUT2D eigenvalue weighted by Crippen LogP contribution is -2.36. The molecule has 1 heterocycles. The fourth-order valence-corrected chi connectivity index (χ4v) is 2.80. The molecule has 3 nitrogen and oxygen atoms in total. The SMILES string of the molecule is CCC1CCN(CC(O)c2ccc(CN)cc2)CC1. The number of piperidine rings is 1. The van der Waals surface area contributed by atoms with Crippen molar-refractivity contribution in [2.75, 3.05) is 19.6 Å². The number of nitrogens with two attached hydrogens (primary N) is 1. The molecule has 0 bridgehead atoms. The van der Waals surface area contributed by atoms with Crippen LogP contribution in [0.5, 0.6) is 0 Å². The Labute approximate surface area is 116 Å². The molecule has 1 aromatic carbocycles. The van der Waals surface area contributed by atoms with E-state index < -0.39 is 0 Å². The molecule has 0 amide bonds. The number of likely N-dealkylation sites (tertiary alicyclic amines) is 1. The molecule has 19 heavy (non-hydrogen) atoms. The average molecular weight is 262 g/mol. The first kappa shape index (κ1) is 14.5. The van der Waals surface area contributed by atoms with Gasteiger partial charge >= 0.3 is 0 Å². The molecule has 0 saturated carbocycles. The fourth-order valence-electron chi connectivity index (χ4n) is 2.80. The van der Waals surface area contributed by atoms with Crippen LogP contribution in [0.3, 0.4) is 0 Å². The van der Waals surface area contributed by atoms with Crippen molar-refractivity contribution in [3.8, 4) is 0 Å². The van der Waals surface area contributed by atoms with Crippen molar-refractivity contribution in [2.45, 2.75) is 38.8 Å². The predicted molar refractivity (Wildman–Crippen MR) is 78.7 cm³/mol. The molecule has 0 aliphatic carbocycles. The van der Waals surface area contributed by atoms with Gasteiger partial charge in [0.2, 0.25) is 0 Å². The zero-order valence-electron chi connectivity index (χ0n) is 11.9. The minimum absolute atomic E-state index is 0.384. The first-order chi connectivity index (χ1) is 9.22. The van der Waals surface area contributed by atoms with E-state index in [1.165, 1.54) is 19.3 Å². The second-order valence-corrected chi connectivity index (χ2v) is 5.61. The van der Waals surface area contributed by atoms with E-state index in [9.17, 15) is 5.11 Å². The van der Waals surface area contributed by atoms with Crippen LogP contribution in [0.15, 0.2) is 24.3 Å². The number of aliphatic hydroxyl groups excluding tert-OH is 1. The van der Waals surface area contributed by atoms with E-state index in [1.807, 2.05) is 24.3 Å². The van der Waals surface area contributed by atoms with Crippen LogP contribution in [0.25, 0.3) is 0 Å². The van der Waals surface area contributed by atoms with Crippen molar-refractivity contribution in [1.29, 1.82) is 0 Å². The van der Waals surface area contributed by atoms with Crippen LogP contribution in [0, 0.1) is 5.92 Å². The minimum Gasteiger partial charge on any atom is -0.387 e. The molecule has 1 aromatic rings. The van der Waals surface area contributed by atoms with Gasteiger partial charge < -0.3 is 15.7 Å². The van der Waals surface area contributed by atoms with E-state index in [0.717, 1.165) is 36.7 Å². The third kappa shape index (κ3) is 4.03. The van der Waals surface area contributed by atoms with Crippen LogP contribution in [0.2, 0.25) is 0 Å². The van der Waals surface area contributed by atoms with Crippen molar-refractivity contribution in [3.63, 3.8) is 0 Å². The highest BCUT2D eigenvalue weighted by atomic mass is 16.3. The molecule has 1 saturated heterocycles. The molecule has 3 heteroatoms. The molecule has 0 spiro atoms. The first-order valence-corrected chi connectivity index (χ1v) is 7.42. The maximum Gasteiger partial charge on any atom is 0.0916 e. The van der Waals surface area contributed by atoms with Gasteiger partial charge in [0.05, 0.1) is 6.10 Å². The number of rotatable bonds is 5. The van der Waals surface area contributed by atoms with Crippen LogP contribution < -0.4 is 5.73 Å². The lowest BCUT2D eigenvalue weighted by molar-refractivity contribution is 0.0887. The second-order valence-electron chi connectivity index (χ2n) is 5.61. The molecule has 1 unspecified atom stereocenters. The van der Waals surface area contributed by atoms with Gasteiger partial charge in [-0.15, -0.1) is 0 Å². The summed E-state index contributed by atoms with van der Waals surface area (Å²) in [5.41, 5.74) is 7.69. The Bertz CT molecular complexity index is 369. The molecule has 1 aliphatic heterocycles. The smallest absolute Gasteiger partial charge is 0.0916 e. The molecular weight excluding hydrogens is 236 g/mol. The number of benzene rings is 1. The van der Waals surface area contributed by atoms with Crippen LogP contribution in [0.4, 0.5) is 0 Å². The van der Waals surface area contributed by atoms with Gasteiger partial charge in [0, 0.05) is 13.1 Å². The van der Waals surface area contributed by atoms with Gasteiger partial charge in [-0.1, -0.05) is 37.6 Å². The van der Waals surface area contributed by atoms with Crippen LogP contribution >= 0.6 is 0 Å². The van der Waals surface area contributed by atoms with Crippen molar-refractivity contribution in [3.05, 3.63) is 35.4 Å². The molecular formula is C16H26N2O. The minimum atomic E-state index is -0.384. The van der Waals surface area contributed by atoms with E-state index in [2.05, 4.69) is 11.8 Å². The Morgan fingerprint density at radius 3 is 2.42 bits per heavy atom. The number of aliphatic hydroxyl groups is 1. The third-order valence-corrected chi connectivity index (χ3v) is 4.32. The first-order valence-electron chi connectivity index (χ1n) is 7.42. The summed E-state index contributed by atoms with van der Waals surface area (Å²) in [5, 5.41) is 10.3. The standard InChI is InChI=1S/C16H26N2O/c1-2-13-7-9-18(10-8-13)12-16(19)15-5-3-14(11-17)4-6-15/h3-6,13,16,19H,2,7-12,17H2,1H3. The van der Waals surface area contributed by atoms with Crippen molar-refractivity contribution in [1.82, 2.24) is 4.90 Å². The lowest BCUT2D eigenvalue weighted by Gasteiger charge is -2.32. The van der Waals surface area contributed by atoms with Gasteiger partial charge in [0.1, 0.15) is 0 Å². The number of hydrogen-bond acceptors (Lipinski definition) is 3. The summed E-state index contributed by atoms with van der Waals surface area (Å²) in [7, 11) is 0. The molecule has 0 radical (unpaired) electrons. The van der Waals surface area contributed by atoms with Gasteiger partial charge in [-0.25, -0.2) is 0 Å². The number of β-amino-alcohol motifs (C(OH)–C–C–N with tert-alkyl or cyclic N) is 1. The second kappa shape index (κ2) is 7.04. The van der Waals surface area contributed by atoms with Crippen LogP contribution in [-0.4, -0.2) is 29.6 Å². The summed E-state index contributed by atoms with van der Waals surface area (Å²) in [5.74, 6) is 0.886. The Morgan fingerprint density at radius 2 is 1.89 bits per heavy atom. The molecule has 106 valence electrons. The van der Waals surface area contributed by atoms with E-state index >= 15 is 0 Å². The molecule has 2 rings (SSSR count). The zero-order valence-corrected chi connectivity index (χ0v) is 11.9. The average Bonchev–Trinajstić information content (AvgIpc) is 2.48. The number of hydrogen-bond donors (Lipinski definition) is 2. The highest BCUT2D eigenvalue weighted by Gasteiger charge is 2.20. The lowest BCUT2D eigenvalue weighted by atomic mass is 9.94. The normalized spacial score (nSPS) is 19.5. The maximum absolute atomic E-state index is 10.3. The van der Waals surface area contributed by atoms with E-state index in [-0.39, 0.29) is 6.10 Å². The highest BCUT2D eigenvalue weighted by Crippen LogP contribution is 2.22. The predicted octanol–water partition coefficient (Wildman–Crippen LogP) is 2.30. The fraction of sp³-hybridized carbons (Fsp3) is 0.625. The third-order valence-electron chi connectivity index (χ3n) is 4.32. The highest BCUT2D eigenvalue weighted by molar-refractivity contribution is 5.24. The maximum atomic E-state index is 10.3. The molecule has 3 N–H and O–H groups in total. The van der Waals surface area contributed by atoms with Gasteiger partial charge in [-0.3, -0.25) is 0 Å². The van der Waals surface area contributed by atoms with Gasteiger partial charge in [0.15, 0.2) is 0 Å². The Hall–Kier alpha value is -0.900. The zero-order chi connectivity index (χ0) is 13.7. The van der Waals surface area contributed by atoms with Crippen molar-refractivity contribution in [2.24, 2.45) is 11.7 Å². The summed E-state index contributed by atoms with van der Waals surface area (Å²) >= 11 is 0. The van der Waals surface area contributed by atoms with Gasteiger partial charge in [0.25, 0.3) is 0 Å². The van der Waals surface area contributed by atoms with Gasteiger partial charge in [-0.05, 0) is 43.0 Å². The summed E-state index contributed by atoms with van der Waals surface area (Å²) in [6.45, 7) is 5.82. The monoisotopic (exact) mass is 262 g/mol. The topological polar surface area (TPSA) is 49.5 Å². The molecule has 0 aromatic heterocycles. The molecule has 1 fully saturated rings. The van der Waals surface area contributed by atoms with Gasteiger partial charge in [-0.2, -0.15) is 0 Å². The quantitative estimate of drug-likeness (QED) is 0.856. The largest absolute Gasteiger partial charge is 0.387 e. The van der Waals surface area contributed by atoms with Crippen LogP contribution in [0.1, 0.15) is 43.4 Å². The summed E-state index contributed by atoms with van der Waals surface area (Å²) < 4.78 is 0. The van der Waals surface area contributed by atoms with Crippen molar-refractivity contribution >= 4 is 0 Å².